The van der Waals surface area contributed by atoms with Gasteiger partial charge in [0.25, 0.3) is 0 Å². The number of aryl methyl sites for hydroxylation is 2. The second-order valence-corrected chi connectivity index (χ2v) is 8.19. The first-order valence-corrected chi connectivity index (χ1v) is 11.2. The zero-order valence-electron chi connectivity index (χ0n) is 18.9. The minimum absolute atomic E-state index is 0.329. The van der Waals surface area contributed by atoms with Crippen molar-refractivity contribution < 1.29 is 9.53 Å². The fourth-order valence-corrected chi connectivity index (χ4v) is 4.41. The summed E-state index contributed by atoms with van der Waals surface area (Å²) in [5.41, 5.74) is 6.30. The molecule has 0 radical (unpaired) electrons. The van der Waals surface area contributed by atoms with Crippen molar-refractivity contribution in [3.05, 3.63) is 58.4 Å². The van der Waals surface area contributed by atoms with Crippen LogP contribution >= 0.6 is 0 Å². The number of benzene rings is 1. The Kier molecular flexibility index (Phi) is 7.86. The largest absolute Gasteiger partial charge is 0.466 e. The van der Waals surface area contributed by atoms with E-state index in [1.54, 1.807) is 6.08 Å². The molecule has 1 aromatic carbocycles. The minimum atomic E-state index is -0.329. The van der Waals surface area contributed by atoms with Crippen LogP contribution in [0.2, 0.25) is 0 Å². The highest BCUT2D eigenvalue weighted by molar-refractivity contribution is 5.86. The summed E-state index contributed by atoms with van der Waals surface area (Å²) in [6.07, 6.45) is 9.13. The molecule has 0 N–H and O–H groups in total. The topological polar surface area (TPSA) is 47.4 Å². The number of esters is 1. The molecule has 0 amide bonds. The van der Waals surface area contributed by atoms with Crippen molar-refractivity contribution in [3.63, 3.8) is 0 Å². The molecule has 1 aliphatic rings. The van der Waals surface area contributed by atoms with E-state index in [4.69, 9.17) is 5.10 Å². The summed E-state index contributed by atoms with van der Waals surface area (Å²) in [4.78, 5) is 13.9. The second-order valence-electron chi connectivity index (χ2n) is 8.19. The summed E-state index contributed by atoms with van der Waals surface area (Å²) in [6, 6.07) is 9.02. The Bertz CT molecular complexity index is 867. The molecule has 5 heteroatoms. The molecule has 0 bridgehead atoms. The van der Waals surface area contributed by atoms with Crippen LogP contribution in [-0.2, 0) is 22.5 Å². The van der Waals surface area contributed by atoms with E-state index >= 15 is 0 Å². The molecule has 162 valence electrons. The van der Waals surface area contributed by atoms with Gasteiger partial charge >= 0.3 is 5.97 Å². The Balaban J connectivity index is 1.63. The lowest BCUT2D eigenvalue weighted by Gasteiger charge is -2.25. The number of rotatable bonds is 9. The number of hydrogen-bond acceptors (Lipinski definition) is 4. The number of aromatic nitrogens is 2. The first kappa shape index (κ1) is 22.3. The monoisotopic (exact) mass is 409 g/mol. The lowest BCUT2D eigenvalue weighted by Crippen LogP contribution is -2.26. The molecule has 0 saturated carbocycles. The predicted molar refractivity (Wildman–Crippen MR) is 121 cm³/mol. The first-order valence-electron chi connectivity index (χ1n) is 11.2. The number of likely N-dealkylation sites (tertiary alicyclic amines) is 1. The van der Waals surface area contributed by atoms with Crippen molar-refractivity contribution >= 4 is 12.0 Å². The zero-order chi connectivity index (χ0) is 21.5. The number of methoxy groups -OCH3 is 1. The van der Waals surface area contributed by atoms with Crippen molar-refractivity contribution in [2.24, 2.45) is 0 Å². The predicted octanol–water partition coefficient (Wildman–Crippen LogP) is 4.87. The zero-order valence-corrected chi connectivity index (χ0v) is 18.9. The quantitative estimate of drug-likeness (QED) is 0.438. The Morgan fingerprint density at radius 1 is 1.23 bits per heavy atom. The maximum absolute atomic E-state index is 11.3. The molecule has 1 aromatic heterocycles. The highest BCUT2D eigenvalue weighted by Gasteiger charge is 2.26. The summed E-state index contributed by atoms with van der Waals surface area (Å²) >= 11 is 0. The Labute approximate surface area is 180 Å². The SMILES string of the molecule is CCCCn1nc(C)c(CCN2CCC[C@H]2c2ccc(C=CC(=O)OC)cc2)c1C. The van der Waals surface area contributed by atoms with Crippen LogP contribution in [0, 0.1) is 13.8 Å². The Hall–Kier alpha value is -2.40. The van der Waals surface area contributed by atoms with E-state index in [0.29, 0.717) is 6.04 Å². The maximum atomic E-state index is 11.3. The molecule has 2 heterocycles. The van der Waals surface area contributed by atoms with E-state index in [0.717, 1.165) is 31.6 Å². The molecule has 0 spiro atoms. The van der Waals surface area contributed by atoms with Crippen molar-refractivity contribution in [2.75, 3.05) is 20.2 Å². The smallest absolute Gasteiger partial charge is 0.330 e. The summed E-state index contributed by atoms with van der Waals surface area (Å²) in [7, 11) is 1.39. The molecule has 2 aromatic rings. The summed E-state index contributed by atoms with van der Waals surface area (Å²) < 4.78 is 6.84. The Morgan fingerprint density at radius 2 is 2.00 bits per heavy atom. The van der Waals surface area contributed by atoms with Gasteiger partial charge in [-0.1, -0.05) is 37.6 Å². The lowest BCUT2D eigenvalue weighted by atomic mass is 10.0. The van der Waals surface area contributed by atoms with Gasteiger partial charge in [-0.3, -0.25) is 9.58 Å². The van der Waals surface area contributed by atoms with Crippen LogP contribution in [0.5, 0.6) is 0 Å². The van der Waals surface area contributed by atoms with E-state index < -0.39 is 0 Å². The molecule has 3 rings (SSSR count). The first-order chi connectivity index (χ1) is 14.5. The Morgan fingerprint density at radius 3 is 2.70 bits per heavy atom. The molecular formula is C25H35N3O2. The van der Waals surface area contributed by atoms with Gasteiger partial charge in [0.05, 0.1) is 12.8 Å². The summed E-state index contributed by atoms with van der Waals surface area (Å²) in [6.45, 7) is 9.82. The van der Waals surface area contributed by atoms with Crippen LogP contribution < -0.4 is 0 Å². The third-order valence-corrected chi connectivity index (χ3v) is 6.20. The average molecular weight is 410 g/mol. The summed E-state index contributed by atoms with van der Waals surface area (Å²) in [5, 5.41) is 4.77. The number of ether oxygens (including phenoxy) is 1. The van der Waals surface area contributed by atoms with Crippen molar-refractivity contribution in [2.45, 2.75) is 65.5 Å². The fraction of sp³-hybridized carbons (Fsp3) is 0.520. The number of nitrogens with zero attached hydrogens (tertiary/aromatic N) is 3. The van der Waals surface area contributed by atoms with Gasteiger partial charge in [-0.2, -0.15) is 5.10 Å². The maximum Gasteiger partial charge on any atom is 0.330 e. The van der Waals surface area contributed by atoms with Gasteiger partial charge in [0.1, 0.15) is 0 Å². The third kappa shape index (κ3) is 5.39. The van der Waals surface area contributed by atoms with Crippen molar-refractivity contribution in [1.29, 1.82) is 0 Å². The fourth-order valence-electron chi connectivity index (χ4n) is 4.41. The molecule has 1 fully saturated rings. The van der Waals surface area contributed by atoms with Gasteiger partial charge in [-0.15, -0.1) is 0 Å². The van der Waals surface area contributed by atoms with Gasteiger partial charge < -0.3 is 4.74 Å². The van der Waals surface area contributed by atoms with Crippen LogP contribution in [0.25, 0.3) is 6.08 Å². The second kappa shape index (κ2) is 10.6. The molecule has 30 heavy (non-hydrogen) atoms. The minimum Gasteiger partial charge on any atom is -0.466 e. The van der Waals surface area contributed by atoms with E-state index in [9.17, 15) is 4.79 Å². The van der Waals surface area contributed by atoms with Gasteiger partial charge in [0, 0.05) is 30.9 Å². The van der Waals surface area contributed by atoms with Crippen LogP contribution in [0.1, 0.15) is 66.7 Å². The highest BCUT2D eigenvalue weighted by Crippen LogP contribution is 2.32. The standard InChI is InChI=1S/C25H35N3O2/c1-5-6-17-28-20(3)23(19(2)26-28)15-18-27-16-7-8-24(27)22-12-9-21(10-13-22)11-14-25(29)30-4/h9-14,24H,5-8,15-18H2,1-4H3/t24-/m0/s1. The third-order valence-electron chi connectivity index (χ3n) is 6.20. The van der Waals surface area contributed by atoms with Crippen LogP contribution in [0.4, 0.5) is 0 Å². The number of hydrogen-bond donors (Lipinski definition) is 0. The normalized spacial score (nSPS) is 17.1. The molecule has 1 saturated heterocycles. The van der Waals surface area contributed by atoms with Crippen LogP contribution in [-0.4, -0.2) is 40.8 Å². The molecule has 0 unspecified atom stereocenters. The van der Waals surface area contributed by atoms with Gasteiger partial charge in [-0.25, -0.2) is 4.79 Å². The van der Waals surface area contributed by atoms with Crippen LogP contribution in [0.3, 0.4) is 0 Å². The molecular weight excluding hydrogens is 374 g/mol. The molecule has 5 nitrogen and oxygen atoms in total. The van der Waals surface area contributed by atoms with Gasteiger partial charge in [0.2, 0.25) is 0 Å². The average Bonchev–Trinajstić information content (AvgIpc) is 3.33. The highest BCUT2D eigenvalue weighted by atomic mass is 16.5. The molecule has 1 atom stereocenters. The molecule has 1 aliphatic heterocycles. The van der Waals surface area contributed by atoms with E-state index in [1.165, 1.54) is 61.4 Å². The number of carbonyl (C=O) groups excluding carboxylic acids is 1. The number of carbonyl (C=O) groups is 1. The number of unbranched alkanes of at least 4 members (excludes halogenated alkanes) is 1. The van der Waals surface area contributed by atoms with Gasteiger partial charge in [0.15, 0.2) is 0 Å². The van der Waals surface area contributed by atoms with Gasteiger partial charge in [-0.05, 0) is 68.8 Å². The summed E-state index contributed by atoms with van der Waals surface area (Å²) in [5.74, 6) is -0.329. The molecule has 0 aliphatic carbocycles. The van der Waals surface area contributed by atoms with E-state index in [1.807, 2.05) is 0 Å². The van der Waals surface area contributed by atoms with Crippen molar-refractivity contribution in [3.8, 4) is 0 Å². The van der Waals surface area contributed by atoms with E-state index in [2.05, 4.69) is 59.4 Å². The lowest BCUT2D eigenvalue weighted by molar-refractivity contribution is -0.134. The van der Waals surface area contributed by atoms with Crippen LogP contribution in [0.15, 0.2) is 30.3 Å². The van der Waals surface area contributed by atoms with Crippen molar-refractivity contribution in [1.82, 2.24) is 14.7 Å². The van der Waals surface area contributed by atoms with E-state index in [-0.39, 0.29) is 5.97 Å².